The maximum Gasteiger partial charge on any atom is 0.267 e. The fraction of sp³-hybridized carbons (Fsp3) is 0.333. The van der Waals surface area contributed by atoms with Crippen molar-refractivity contribution in [1.29, 1.82) is 0 Å². The first-order valence-electron chi connectivity index (χ1n) is 12.2. The second kappa shape index (κ2) is 11.1. The molecular formula is C27H28N4O5S2. The number of carbonyl (C=O) groups excluding carboxylic acids is 1. The van der Waals surface area contributed by atoms with Crippen LogP contribution >= 0.6 is 24.0 Å². The van der Waals surface area contributed by atoms with Crippen LogP contribution in [0.5, 0.6) is 11.5 Å². The number of rotatable bonds is 7. The molecule has 11 heteroatoms. The van der Waals surface area contributed by atoms with E-state index in [2.05, 4.69) is 0 Å². The number of aromatic nitrogens is 2. The number of thioether (sulfide) groups is 1. The number of hydrogen-bond acceptors (Lipinski definition) is 9. The lowest BCUT2D eigenvalue weighted by molar-refractivity contribution is -0.122. The highest BCUT2D eigenvalue weighted by Gasteiger charge is 2.33. The van der Waals surface area contributed by atoms with Crippen LogP contribution in [0.2, 0.25) is 0 Å². The third kappa shape index (κ3) is 5.13. The molecule has 198 valence electrons. The Labute approximate surface area is 230 Å². The lowest BCUT2D eigenvalue weighted by Gasteiger charge is -2.29. The Morgan fingerprint density at radius 2 is 1.87 bits per heavy atom. The van der Waals surface area contributed by atoms with E-state index in [0.29, 0.717) is 77.0 Å². The molecule has 38 heavy (non-hydrogen) atoms. The van der Waals surface area contributed by atoms with Crippen molar-refractivity contribution < 1.29 is 19.0 Å². The minimum absolute atomic E-state index is 0.220. The number of aryl methyl sites for hydroxylation is 1. The summed E-state index contributed by atoms with van der Waals surface area (Å²) >= 11 is 6.76. The predicted molar refractivity (Wildman–Crippen MR) is 152 cm³/mol. The average Bonchev–Trinajstić information content (AvgIpc) is 3.20. The number of amides is 1. The molecular weight excluding hydrogens is 524 g/mol. The maximum atomic E-state index is 13.7. The van der Waals surface area contributed by atoms with Gasteiger partial charge in [0.2, 0.25) is 0 Å². The Hall–Kier alpha value is -3.41. The first-order valence-corrected chi connectivity index (χ1v) is 13.4. The van der Waals surface area contributed by atoms with Crippen LogP contribution in [0, 0.1) is 6.92 Å². The smallest absolute Gasteiger partial charge is 0.267 e. The summed E-state index contributed by atoms with van der Waals surface area (Å²) in [4.78, 5) is 35.9. The molecule has 3 aromatic rings. The molecule has 0 aliphatic carbocycles. The Balaban J connectivity index is 1.46. The lowest BCUT2D eigenvalue weighted by Crippen LogP contribution is -2.38. The van der Waals surface area contributed by atoms with Crippen molar-refractivity contribution in [3.05, 3.63) is 68.5 Å². The standard InChI is InChI=1S/C27H28N4O5S2/c1-17-4-7-23-28-24(29-10-12-36-13-11-29)19(25(32)31(23)16-17)15-22-26(33)30(27(37)38-22)9-8-18-5-6-20(34-2)21(14-18)35-3/h4-7,14-16H,8-13H2,1-3H3. The summed E-state index contributed by atoms with van der Waals surface area (Å²) in [5.41, 5.74) is 2.63. The molecule has 2 aliphatic heterocycles. The number of thiocarbonyl (C=S) groups is 1. The molecule has 2 saturated heterocycles. The van der Waals surface area contributed by atoms with Gasteiger partial charge in [-0.3, -0.25) is 18.9 Å². The van der Waals surface area contributed by atoms with E-state index in [1.807, 2.05) is 42.2 Å². The average molecular weight is 553 g/mol. The number of ether oxygens (including phenoxy) is 3. The molecule has 0 bridgehead atoms. The van der Waals surface area contributed by atoms with Crippen molar-refractivity contribution in [3.63, 3.8) is 0 Å². The molecule has 1 aromatic carbocycles. The fourth-order valence-electron chi connectivity index (χ4n) is 4.49. The summed E-state index contributed by atoms with van der Waals surface area (Å²) in [6.07, 6.45) is 3.99. The number of benzene rings is 1. The molecule has 5 rings (SSSR count). The summed E-state index contributed by atoms with van der Waals surface area (Å²) in [7, 11) is 3.18. The van der Waals surface area contributed by atoms with Gasteiger partial charge in [0.1, 0.15) is 15.8 Å². The molecule has 2 fully saturated rings. The zero-order valence-electron chi connectivity index (χ0n) is 21.4. The van der Waals surface area contributed by atoms with Crippen LogP contribution in [0.3, 0.4) is 0 Å². The molecule has 4 heterocycles. The van der Waals surface area contributed by atoms with Gasteiger partial charge < -0.3 is 19.1 Å². The number of hydrogen-bond donors (Lipinski definition) is 0. The number of fused-ring (bicyclic) bond motifs is 1. The molecule has 1 amide bonds. The number of morpholine rings is 1. The fourth-order valence-corrected chi connectivity index (χ4v) is 5.78. The van der Waals surface area contributed by atoms with Gasteiger partial charge in [-0.05, 0) is 48.7 Å². The maximum absolute atomic E-state index is 13.7. The van der Waals surface area contributed by atoms with Crippen LogP contribution < -0.4 is 19.9 Å². The van der Waals surface area contributed by atoms with E-state index >= 15 is 0 Å². The SMILES string of the molecule is COc1ccc(CCN2C(=O)C(=Cc3c(N4CCOCC4)nc4ccc(C)cn4c3=O)SC2=S)cc1OC. The zero-order chi connectivity index (χ0) is 26.8. The van der Waals surface area contributed by atoms with Gasteiger partial charge in [0.15, 0.2) is 11.5 Å². The Morgan fingerprint density at radius 1 is 1.11 bits per heavy atom. The highest BCUT2D eigenvalue weighted by atomic mass is 32.2. The number of anilines is 1. The van der Waals surface area contributed by atoms with Gasteiger partial charge >= 0.3 is 0 Å². The molecule has 0 unspecified atom stereocenters. The second-order valence-electron chi connectivity index (χ2n) is 8.96. The third-order valence-corrected chi connectivity index (χ3v) is 7.89. The topological polar surface area (TPSA) is 85.6 Å². The summed E-state index contributed by atoms with van der Waals surface area (Å²) < 4.78 is 18.2. The lowest BCUT2D eigenvalue weighted by atomic mass is 10.1. The van der Waals surface area contributed by atoms with E-state index in [0.717, 1.165) is 11.1 Å². The molecule has 2 aromatic heterocycles. The Bertz CT molecular complexity index is 1500. The van der Waals surface area contributed by atoms with Crippen LogP contribution in [0.15, 0.2) is 46.2 Å². The van der Waals surface area contributed by atoms with Crippen LogP contribution in [0.1, 0.15) is 16.7 Å². The summed E-state index contributed by atoms with van der Waals surface area (Å²) in [6, 6.07) is 9.43. The predicted octanol–water partition coefficient (Wildman–Crippen LogP) is 3.30. The Morgan fingerprint density at radius 3 is 2.61 bits per heavy atom. The number of methoxy groups -OCH3 is 2. The van der Waals surface area contributed by atoms with Crippen molar-refractivity contribution in [2.45, 2.75) is 13.3 Å². The van der Waals surface area contributed by atoms with Crippen LogP contribution in [0.4, 0.5) is 5.82 Å². The van der Waals surface area contributed by atoms with E-state index in [1.165, 1.54) is 16.2 Å². The minimum atomic E-state index is -0.226. The van der Waals surface area contributed by atoms with E-state index in [4.69, 9.17) is 31.4 Å². The molecule has 0 radical (unpaired) electrons. The zero-order valence-corrected chi connectivity index (χ0v) is 23.1. The molecule has 0 spiro atoms. The van der Waals surface area contributed by atoms with Gasteiger partial charge in [-0.15, -0.1) is 0 Å². The van der Waals surface area contributed by atoms with E-state index in [9.17, 15) is 9.59 Å². The molecule has 0 saturated carbocycles. The number of carbonyl (C=O) groups is 1. The molecule has 0 N–H and O–H groups in total. The summed E-state index contributed by atoms with van der Waals surface area (Å²) in [5, 5.41) is 0. The van der Waals surface area contributed by atoms with Gasteiger partial charge in [0.25, 0.3) is 11.5 Å². The molecule has 0 atom stereocenters. The third-order valence-electron chi connectivity index (χ3n) is 6.52. The van der Waals surface area contributed by atoms with Crippen LogP contribution in [-0.2, 0) is 16.0 Å². The van der Waals surface area contributed by atoms with Crippen molar-refractivity contribution in [3.8, 4) is 11.5 Å². The minimum Gasteiger partial charge on any atom is -0.493 e. The summed E-state index contributed by atoms with van der Waals surface area (Å²) in [6.45, 7) is 4.65. The van der Waals surface area contributed by atoms with Crippen molar-refractivity contribution in [2.75, 3.05) is 52.0 Å². The first kappa shape index (κ1) is 26.2. The summed E-state index contributed by atoms with van der Waals surface area (Å²) in [5.74, 6) is 1.61. The van der Waals surface area contributed by atoms with Gasteiger partial charge in [-0.1, -0.05) is 36.1 Å². The van der Waals surface area contributed by atoms with Crippen molar-refractivity contribution in [2.24, 2.45) is 0 Å². The largest absolute Gasteiger partial charge is 0.493 e. The monoisotopic (exact) mass is 552 g/mol. The highest BCUT2D eigenvalue weighted by Crippen LogP contribution is 2.34. The first-order chi connectivity index (χ1) is 18.4. The van der Waals surface area contributed by atoms with Gasteiger partial charge in [-0.2, -0.15) is 0 Å². The molecule has 9 nitrogen and oxygen atoms in total. The number of pyridine rings is 1. The van der Waals surface area contributed by atoms with Crippen molar-refractivity contribution >= 4 is 51.7 Å². The van der Waals surface area contributed by atoms with Gasteiger partial charge in [0, 0.05) is 25.8 Å². The van der Waals surface area contributed by atoms with Gasteiger partial charge in [-0.25, -0.2) is 4.98 Å². The number of nitrogens with zero attached hydrogens (tertiary/aromatic N) is 4. The second-order valence-corrected chi connectivity index (χ2v) is 10.6. The van der Waals surface area contributed by atoms with E-state index in [1.54, 1.807) is 31.4 Å². The van der Waals surface area contributed by atoms with E-state index < -0.39 is 0 Å². The normalized spacial score (nSPS) is 17.1. The van der Waals surface area contributed by atoms with Crippen LogP contribution in [-0.4, -0.2) is 71.6 Å². The quantitative estimate of drug-likeness (QED) is 0.324. The van der Waals surface area contributed by atoms with E-state index in [-0.39, 0.29) is 11.5 Å². The Kier molecular flexibility index (Phi) is 7.68. The van der Waals surface area contributed by atoms with Crippen LogP contribution in [0.25, 0.3) is 11.7 Å². The van der Waals surface area contributed by atoms with Gasteiger partial charge in [0.05, 0.1) is 37.9 Å². The molecule has 2 aliphatic rings. The van der Waals surface area contributed by atoms with Crippen molar-refractivity contribution in [1.82, 2.24) is 14.3 Å². The highest BCUT2D eigenvalue weighted by molar-refractivity contribution is 8.26.